The summed E-state index contributed by atoms with van der Waals surface area (Å²) >= 11 is 5.73. The predicted octanol–water partition coefficient (Wildman–Crippen LogP) is 4.65. The van der Waals surface area contributed by atoms with E-state index in [2.05, 4.69) is 0 Å². The summed E-state index contributed by atoms with van der Waals surface area (Å²) in [4.78, 5) is 0. The highest BCUT2D eigenvalue weighted by molar-refractivity contribution is 6.30. The van der Waals surface area contributed by atoms with Crippen LogP contribution in [0.1, 0.15) is 12.0 Å². The lowest BCUT2D eigenvalue weighted by molar-refractivity contribution is 0.152. The van der Waals surface area contributed by atoms with Gasteiger partial charge in [0.05, 0.1) is 0 Å². The summed E-state index contributed by atoms with van der Waals surface area (Å²) in [6.07, 6.45) is -2.63. The van der Waals surface area contributed by atoms with Crippen molar-refractivity contribution in [3.63, 3.8) is 0 Å². The Labute approximate surface area is 108 Å². The third-order valence-corrected chi connectivity index (χ3v) is 2.59. The molecule has 0 spiro atoms. The van der Waals surface area contributed by atoms with Crippen LogP contribution in [0.5, 0.6) is 11.5 Å². The van der Waals surface area contributed by atoms with Gasteiger partial charge in [-0.15, -0.1) is 0 Å². The van der Waals surface area contributed by atoms with E-state index >= 15 is 0 Å². The van der Waals surface area contributed by atoms with Gasteiger partial charge in [0.25, 0.3) is 6.43 Å². The highest BCUT2D eigenvalue weighted by Crippen LogP contribution is 2.31. The quantitative estimate of drug-likeness (QED) is 0.823. The number of hydrogen-bond acceptors (Lipinski definition) is 2. The van der Waals surface area contributed by atoms with Gasteiger partial charge in [-0.3, -0.25) is 0 Å². The first-order valence-corrected chi connectivity index (χ1v) is 5.55. The molecule has 2 aromatic rings. The van der Waals surface area contributed by atoms with E-state index in [-0.39, 0.29) is 11.3 Å². The van der Waals surface area contributed by atoms with Crippen LogP contribution in [0, 0.1) is 0 Å². The van der Waals surface area contributed by atoms with Crippen LogP contribution in [-0.2, 0) is 0 Å². The molecule has 0 bridgehead atoms. The maximum Gasteiger partial charge on any atom is 0.265 e. The van der Waals surface area contributed by atoms with Crippen molar-refractivity contribution in [2.45, 2.75) is 6.43 Å². The van der Waals surface area contributed by atoms with E-state index in [4.69, 9.17) is 22.1 Å². The average molecular weight is 270 g/mol. The molecular formula is C13H10ClF2NO. The zero-order valence-corrected chi connectivity index (χ0v) is 9.99. The molecule has 0 aliphatic carbocycles. The van der Waals surface area contributed by atoms with E-state index in [1.807, 2.05) is 0 Å². The van der Waals surface area contributed by atoms with Crippen LogP contribution in [0.25, 0.3) is 0 Å². The largest absolute Gasteiger partial charge is 0.457 e. The molecule has 0 heterocycles. The van der Waals surface area contributed by atoms with Gasteiger partial charge < -0.3 is 10.5 Å². The highest BCUT2D eigenvalue weighted by atomic mass is 35.5. The molecule has 0 atom stereocenters. The number of ether oxygens (including phenoxy) is 1. The standard InChI is InChI=1S/C13H10ClF2NO/c14-8-1-3-9(4-2-8)18-10-5-6-12(17)11(7-10)13(15)16/h1-7,13H,17H2. The number of benzene rings is 2. The minimum atomic E-state index is -2.63. The fourth-order valence-corrected chi connectivity index (χ4v) is 1.57. The molecule has 0 aromatic heterocycles. The molecule has 0 aliphatic heterocycles. The lowest BCUT2D eigenvalue weighted by Gasteiger charge is -2.09. The summed E-state index contributed by atoms with van der Waals surface area (Å²) in [6, 6.07) is 10.8. The first kappa shape index (κ1) is 12.6. The number of anilines is 1. The van der Waals surface area contributed by atoms with Gasteiger partial charge in [0.1, 0.15) is 11.5 Å². The van der Waals surface area contributed by atoms with Gasteiger partial charge in [0, 0.05) is 16.3 Å². The summed E-state index contributed by atoms with van der Waals surface area (Å²) in [6.45, 7) is 0. The number of nitrogen functional groups attached to an aromatic ring is 1. The van der Waals surface area contributed by atoms with Gasteiger partial charge in [0.15, 0.2) is 0 Å². The van der Waals surface area contributed by atoms with Crippen molar-refractivity contribution in [2.75, 3.05) is 5.73 Å². The molecule has 2 nitrogen and oxygen atoms in total. The van der Waals surface area contributed by atoms with Crippen molar-refractivity contribution in [3.05, 3.63) is 53.1 Å². The fraction of sp³-hybridized carbons (Fsp3) is 0.0769. The van der Waals surface area contributed by atoms with Crippen LogP contribution in [-0.4, -0.2) is 0 Å². The molecule has 18 heavy (non-hydrogen) atoms. The molecular weight excluding hydrogens is 260 g/mol. The molecule has 94 valence electrons. The Balaban J connectivity index is 2.24. The summed E-state index contributed by atoms with van der Waals surface area (Å²) < 4.78 is 30.7. The smallest absolute Gasteiger partial charge is 0.265 e. The maximum absolute atomic E-state index is 12.6. The van der Waals surface area contributed by atoms with Crippen molar-refractivity contribution >= 4 is 17.3 Å². The Bertz CT molecular complexity index is 543. The van der Waals surface area contributed by atoms with Crippen molar-refractivity contribution in [1.82, 2.24) is 0 Å². The minimum Gasteiger partial charge on any atom is -0.457 e. The Hall–Kier alpha value is -1.81. The van der Waals surface area contributed by atoms with Gasteiger partial charge >= 0.3 is 0 Å². The van der Waals surface area contributed by atoms with Gasteiger partial charge in [-0.2, -0.15) is 0 Å². The Morgan fingerprint density at radius 2 is 1.61 bits per heavy atom. The maximum atomic E-state index is 12.6. The minimum absolute atomic E-state index is 0.0495. The van der Waals surface area contributed by atoms with Gasteiger partial charge in [-0.1, -0.05) is 11.6 Å². The first-order chi connectivity index (χ1) is 8.56. The fourth-order valence-electron chi connectivity index (χ4n) is 1.44. The lowest BCUT2D eigenvalue weighted by atomic mass is 10.2. The number of nitrogens with two attached hydrogens (primary N) is 1. The van der Waals surface area contributed by atoms with Crippen molar-refractivity contribution < 1.29 is 13.5 Å². The number of rotatable bonds is 3. The third-order valence-electron chi connectivity index (χ3n) is 2.34. The van der Waals surface area contributed by atoms with Gasteiger partial charge in [-0.05, 0) is 42.5 Å². The Morgan fingerprint density at radius 3 is 2.22 bits per heavy atom. The molecule has 0 saturated heterocycles. The van der Waals surface area contributed by atoms with E-state index in [0.29, 0.717) is 16.5 Å². The van der Waals surface area contributed by atoms with Crippen LogP contribution in [0.2, 0.25) is 5.02 Å². The third kappa shape index (κ3) is 2.90. The molecule has 0 unspecified atom stereocenters. The number of alkyl halides is 2. The normalized spacial score (nSPS) is 10.7. The highest BCUT2D eigenvalue weighted by Gasteiger charge is 2.12. The summed E-state index contributed by atoms with van der Waals surface area (Å²) in [7, 11) is 0. The van der Waals surface area contributed by atoms with Gasteiger partial charge in [0.2, 0.25) is 0 Å². The lowest BCUT2D eigenvalue weighted by Crippen LogP contribution is -1.95. The van der Waals surface area contributed by atoms with E-state index < -0.39 is 6.43 Å². The second-order valence-electron chi connectivity index (χ2n) is 3.65. The van der Waals surface area contributed by atoms with E-state index in [9.17, 15) is 8.78 Å². The molecule has 0 radical (unpaired) electrons. The molecule has 0 amide bonds. The zero-order valence-electron chi connectivity index (χ0n) is 9.24. The van der Waals surface area contributed by atoms with Crippen molar-refractivity contribution in [2.24, 2.45) is 0 Å². The van der Waals surface area contributed by atoms with Gasteiger partial charge in [-0.25, -0.2) is 8.78 Å². The summed E-state index contributed by atoms with van der Waals surface area (Å²) in [5.41, 5.74) is 5.27. The summed E-state index contributed by atoms with van der Waals surface area (Å²) in [5.74, 6) is 0.825. The summed E-state index contributed by atoms with van der Waals surface area (Å²) in [5, 5.41) is 0.577. The van der Waals surface area contributed by atoms with Crippen molar-refractivity contribution in [1.29, 1.82) is 0 Å². The molecule has 2 N–H and O–H groups in total. The number of hydrogen-bond donors (Lipinski definition) is 1. The average Bonchev–Trinajstić information content (AvgIpc) is 2.34. The second kappa shape index (κ2) is 5.23. The van der Waals surface area contributed by atoms with E-state index in [1.165, 1.54) is 18.2 Å². The van der Waals surface area contributed by atoms with Crippen LogP contribution < -0.4 is 10.5 Å². The van der Waals surface area contributed by atoms with Crippen LogP contribution >= 0.6 is 11.6 Å². The molecule has 0 fully saturated rings. The topological polar surface area (TPSA) is 35.2 Å². The Kier molecular flexibility index (Phi) is 3.67. The monoisotopic (exact) mass is 269 g/mol. The zero-order chi connectivity index (χ0) is 13.1. The molecule has 2 aromatic carbocycles. The molecule has 5 heteroatoms. The van der Waals surface area contributed by atoms with Crippen LogP contribution in [0.15, 0.2) is 42.5 Å². The van der Waals surface area contributed by atoms with E-state index in [1.54, 1.807) is 24.3 Å². The Morgan fingerprint density at radius 1 is 1.00 bits per heavy atom. The van der Waals surface area contributed by atoms with Crippen LogP contribution in [0.3, 0.4) is 0 Å². The molecule has 0 saturated carbocycles. The van der Waals surface area contributed by atoms with Crippen LogP contribution in [0.4, 0.5) is 14.5 Å². The van der Waals surface area contributed by atoms with E-state index in [0.717, 1.165) is 0 Å². The molecule has 2 rings (SSSR count). The predicted molar refractivity (Wildman–Crippen MR) is 67.3 cm³/mol. The van der Waals surface area contributed by atoms with Crippen molar-refractivity contribution in [3.8, 4) is 11.5 Å². The second-order valence-corrected chi connectivity index (χ2v) is 4.08. The molecule has 0 aliphatic rings. The first-order valence-electron chi connectivity index (χ1n) is 5.17. The SMILES string of the molecule is Nc1ccc(Oc2ccc(Cl)cc2)cc1C(F)F. The number of halogens is 3.